The van der Waals surface area contributed by atoms with Crippen molar-refractivity contribution in [2.45, 2.75) is 18.9 Å². The highest BCUT2D eigenvalue weighted by Gasteiger charge is 2.48. The summed E-state index contributed by atoms with van der Waals surface area (Å²) in [5, 5.41) is 2.89. The van der Waals surface area contributed by atoms with Gasteiger partial charge in [-0.15, -0.1) is 0 Å². The molecule has 1 aromatic carbocycles. The smallest absolute Gasteiger partial charge is 0.326 e. The Bertz CT molecular complexity index is 993. The number of carbonyl (C=O) groups is 2. The van der Waals surface area contributed by atoms with Crippen LogP contribution in [0.25, 0.3) is 0 Å². The summed E-state index contributed by atoms with van der Waals surface area (Å²) in [7, 11) is 0. The van der Waals surface area contributed by atoms with Crippen LogP contribution < -0.4 is 19.7 Å². The zero-order valence-corrected chi connectivity index (χ0v) is 17.4. The number of ether oxygens (including phenoxy) is 2. The van der Waals surface area contributed by atoms with Crippen LogP contribution >= 0.6 is 0 Å². The number of amides is 3. The van der Waals surface area contributed by atoms with Gasteiger partial charge in [0, 0.05) is 50.7 Å². The molecule has 0 bridgehead atoms. The summed E-state index contributed by atoms with van der Waals surface area (Å²) in [6, 6.07) is 9.25. The standard InChI is InChI=1S/C22H25N5O4/c1-22(13-16-2-3-18-19(12-16)31-15-30-18)20(28)27(21(29)24-22)14-25-8-10-26(11-9-25)17-4-6-23-7-5-17/h2-7,12H,8-11,13-15H2,1H3,(H,24,29)/t22-/m0/s1. The summed E-state index contributed by atoms with van der Waals surface area (Å²) in [4.78, 5) is 35.6. The first-order valence-electron chi connectivity index (χ1n) is 10.4. The summed E-state index contributed by atoms with van der Waals surface area (Å²) < 4.78 is 10.8. The summed E-state index contributed by atoms with van der Waals surface area (Å²) >= 11 is 0. The molecule has 2 aromatic rings. The molecule has 31 heavy (non-hydrogen) atoms. The molecule has 3 aliphatic heterocycles. The van der Waals surface area contributed by atoms with Gasteiger partial charge in [0.1, 0.15) is 5.54 Å². The number of carbonyl (C=O) groups excluding carboxylic acids is 2. The zero-order valence-electron chi connectivity index (χ0n) is 17.4. The van der Waals surface area contributed by atoms with E-state index in [1.807, 2.05) is 30.3 Å². The van der Waals surface area contributed by atoms with Gasteiger partial charge < -0.3 is 19.7 Å². The minimum absolute atomic E-state index is 0.202. The Morgan fingerprint density at radius 3 is 2.55 bits per heavy atom. The molecule has 1 N–H and O–H groups in total. The first-order valence-corrected chi connectivity index (χ1v) is 10.4. The third kappa shape index (κ3) is 3.76. The van der Waals surface area contributed by atoms with Crippen molar-refractivity contribution in [3.8, 4) is 11.5 Å². The van der Waals surface area contributed by atoms with Gasteiger partial charge >= 0.3 is 6.03 Å². The number of pyridine rings is 1. The lowest BCUT2D eigenvalue weighted by Gasteiger charge is -2.37. The van der Waals surface area contributed by atoms with E-state index in [2.05, 4.69) is 20.1 Å². The van der Waals surface area contributed by atoms with E-state index in [1.165, 1.54) is 4.90 Å². The lowest BCUT2D eigenvalue weighted by molar-refractivity contribution is -0.132. The van der Waals surface area contributed by atoms with Gasteiger partial charge in [-0.1, -0.05) is 6.07 Å². The van der Waals surface area contributed by atoms with E-state index < -0.39 is 5.54 Å². The summed E-state index contributed by atoms with van der Waals surface area (Å²) in [6.45, 7) is 5.50. The second-order valence-corrected chi connectivity index (χ2v) is 8.31. The number of urea groups is 1. The molecule has 0 radical (unpaired) electrons. The summed E-state index contributed by atoms with van der Waals surface area (Å²) in [6.07, 6.45) is 3.96. The number of hydrogen-bond acceptors (Lipinski definition) is 7. The minimum atomic E-state index is -0.982. The van der Waals surface area contributed by atoms with Crippen molar-refractivity contribution in [2.75, 3.05) is 44.5 Å². The fourth-order valence-corrected chi connectivity index (χ4v) is 4.36. The van der Waals surface area contributed by atoms with Crippen molar-refractivity contribution in [3.05, 3.63) is 48.3 Å². The van der Waals surface area contributed by atoms with E-state index in [0.29, 0.717) is 24.6 Å². The number of nitrogens with zero attached hydrogens (tertiary/aromatic N) is 4. The molecule has 0 spiro atoms. The summed E-state index contributed by atoms with van der Waals surface area (Å²) in [5.41, 5.74) is 1.07. The largest absolute Gasteiger partial charge is 0.454 e. The van der Waals surface area contributed by atoms with Gasteiger partial charge in [-0.25, -0.2) is 9.69 Å². The Morgan fingerprint density at radius 1 is 1.03 bits per heavy atom. The number of nitrogens with one attached hydrogen (secondary N) is 1. The number of fused-ring (bicyclic) bond motifs is 1. The molecule has 0 unspecified atom stereocenters. The number of hydrogen-bond donors (Lipinski definition) is 1. The lowest BCUT2D eigenvalue weighted by atomic mass is 9.92. The second kappa shape index (κ2) is 7.73. The lowest BCUT2D eigenvalue weighted by Crippen LogP contribution is -2.52. The predicted octanol–water partition coefficient (Wildman–Crippen LogP) is 1.44. The molecule has 2 saturated heterocycles. The van der Waals surface area contributed by atoms with Crippen LogP contribution in [0, 0.1) is 0 Å². The highest BCUT2D eigenvalue weighted by molar-refractivity contribution is 6.06. The van der Waals surface area contributed by atoms with E-state index in [4.69, 9.17) is 9.47 Å². The molecular weight excluding hydrogens is 398 g/mol. The molecule has 1 aromatic heterocycles. The maximum absolute atomic E-state index is 13.2. The van der Waals surface area contributed by atoms with Gasteiger partial charge in [0.2, 0.25) is 6.79 Å². The summed E-state index contributed by atoms with van der Waals surface area (Å²) in [5.74, 6) is 1.16. The van der Waals surface area contributed by atoms with Crippen LogP contribution in [0.1, 0.15) is 12.5 Å². The van der Waals surface area contributed by atoms with Crippen molar-refractivity contribution in [3.63, 3.8) is 0 Å². The van der Waals surface area contributed by atoms with Crippen molar-refractivity contribution in [2.24, 2.45) is 0 Å². The maximum atomic E-state index is 13.2. The number of piperazine rings is 1. The Hall–Kier alpha value is -3.33. The van der Waals surface area contributed by atoms with Gasteiger partial charge in [0.15, 0.2) is 11.5 Å². The molecule has 9 heteroatoms. The zero-order chi connectivity index (χ0) is 21.4. The molecule has 5 rings (SSSR count). The molecule has 9 nitrogen and oxygen atoms in total. The van der Waals surface area contributed by atoms with Gasteiger partial charge in [0.25, 0.3) is 5.91 Å². The van der Waals surface area contributed by atoms with Crippen molar-refractivity contribution in [1.29, 1.82) is 0 Å². The van der Waals surface area contributed by atoms with Crippen LogP contribution in [0.5, 0.6) is 11.5 Å². The SMILES string of the molecule is C[C@@]1(Cc2ccc3c(c2)OCO3)NC(=O)N(CN2CCN(c3ccncc3)CC2)C1=O. The van der Waals surface area contributed by atoms with E-state index in [0.717, 1.165) is 37.4 Å². The average molecular weight is 423 g/mol. The topological polar surface area (TPSA) is 87.2 Å². The van der Waals surface area contributed by atoms with Gasteiger partial charge in [-0.3, -0.25) is 14.7 Å². The van der Waals surface area contributed by atoms with Gasteiger partial charge in [0.05, 0.1) is 6.67 Å². The predicted molar refractivity (Wildman–Crippen MR) is 113 cm³/mol. The monoisotopic (exact) mass is 423 g/mol. The highest BCUT2D eigenvalue weighted by atomic mass is 16.7. The molecule has 3 amide bonds. The van der Waals surface area contributed by atoms with E-state index in [-0.39, 0.29) is 18.7 Å². The van der Waals surface area contributed by atoms with Crippen LogP contribution in [0.3, 0.4) is 0 Å². The van der Waals surface area contributed by atoms with Crippen LogP contribution in [0.4, 0.5) is 10.5 Å². The van der Waals surface area contributed by atoms with Gasteiger partial charge in [-0.2, -0.15) is 0 Å². The number of rotatable bonds is 5. The average Bonchev–Trinajstić information content (AvgIpc) is 3.33. The van der Waals surface area contributed by atoms with E-state index in [1.54, 1.807) is 19.3 Å². The Morgan fingerprint density at radius 2 is 1.77 bits per heavy atom. The normalized spacial score (nSPS) is 23.4. The Labute approximate surface area is 180 Å². The van der Waals surface area contributed by atoms with Crippen molar-refractivity contribution >= 4 is 17.6 Å². The fourth-order valence-electron chi connectivity index (χ4n) is 4.36. The number of imide groups is 1. The quantitative estimate of drug-likeness (QED) is 0.729. The number of benzene rings is 1. The first-order chi connectivity index (χ1) is 15.0. The highest BCUT2D eigenvalue weighted by Crippen LogP contribution is 2.34. The Kier molecular flexibility index (Phi) is 4.90. The second-order valence-electron chi connectivity index (χ2n) is 8.31. The van der Waals surface area contributed by atoms with Crippen LogP contribution in [0.2, 0.25) is 0 Å². The number of anilines is 1. The van der Waals surface area contributed by atoms with E-state index >= 15 is 0 Å². The fraction of sp³-hybridized carbons (Fsp3) is 0.409. The molecule has 3 aliphatic rings. The molecule has 0 aliphatic carbocycles. The molecule has 2 fully saturated rings. The third-order valence-electron chi connectivity index (χ3n) is 6.08. The molecule has 0 saturated carbocycles. The maximum Gasteiger partial charge on any atom is 0.326 e. The van der Waals surface area contributed by atoms with Crippen molar-refractivity contribution in [1.82, 2.24) is 20.1 Å². The van der Waals surface area contributed by atoms with Crippen LogP contribution in [-0.4, -0.2) is 71.9 Å². The molecular formula is C22H25N5O4. The van der Waals surface area contributed by atoms with Crippen molar-refractivity contribution < 1.29 is 19.1 Å². The number of aromatic nitrogens is 1. The Balaban J connectivity index is 1.21. The molecule has 162 valence electrons. The van der Waals surface area contributed by atoms with E-state index in [9.17, 15) is 9.59 Å². The molecule has 4 heterocycles. The first kappa shape index (κ1) is 19.6. The van der Waals surface area contributed by atoms with Crippen LogP contribution in [0.15, 0.2) is 42.7 Å². The molecule has 1 atom stereocenters. The van der Waals surface area contributed by atoms with Crippen LogP contribution in [-0.2, 0) is 11.2 Å². The third-order valence-corrected chi connectivity index (χ3v) is 6.08. The van der Waals surface area contributed by atoms with Gasteiger partial charge in [-0.05, 0) is 36.8 Å². The minimum Gasteiger partial charge on any atom is -0.454 e.